The molecule has 1 aliphatic rings. The number of likely N-dealkylation sites (N-methyl/N-ethyl adjacent to an activating group) is 1. The Hall–Kier alpha value is -4.24. The molecule has 2 aromatic carbocycles. The quantitative estimate of drug-likeness (QED) is 0.368. The number of carbonyl (C=O) groups is 1. The third-order valence-corrected chi connectivity index (χ3v) is 6.89. The van der Waals surface area contributed by atoms with E-state index in [-0.39, 0.29) is 12.5 Å². The summed E-state index contributed by atoms with van der Waals surface area (Å²) in [5.41, 5.74) is 5.51. The molecule has 9 nitrogen and oxygen atoms in total. The van der Waals surface area contributed by atoms with E-state index in [4.69, 9.17) is 14.2 Å². The summed E-state index contributed by atoms with van der Waals surface area (Å²) in [6.07, 6.45) is 3.35. The molecule has 2 aromatic heterocycles. The summed E-state index contributed by atoms with van der Waals surface area (Å²) in [7, 11) is 5.22. The zero-order valence-corrected chi connectivity index (χ0v) is 22.1. The van der Waals surface area contributed by atoms with Gasteiger partial charge in [0.2, 0.25) is 0 Å². The Morgan fingerprint density at radius 1 is 0.895 bits per heavy atom. The number of hydrogen-bond donors (Lipinski definition) is 0. The zero-order chi connectivity index (χ0) is 26.6. The molecule has 0 bridgehead atoms. The molecule has 9 heteroatoms. The van der Waals surface area contributed by atoms with E-state index in [1.807, 2.05) is 42.2 Å². The minimum atomic E-state index is 0.0107. The highest BCUT2D eigenvalue weighted by molar-refractivity contribution is 5.98. The van der Waals surface area contributed by atoms with Gasteiger partial charge in [0.1, 0.15) is 12.1 Å². The summed E-state index contributed by atoms with van der Waals surface area (Å²) in [5.74, 6) is 1.64. The van der Waals surface area contributed by atoms with Crippen LogP contribution in [0, 0.1) is 6.92 Å². The van der Waals surface area contributed by atoms with Gasteiger partial charge in [0, 0.05) is 54.6 Å². The summed E-state index contributed by atoms with van der Waals surface area (Å²) in [6.45, 7) is 5.24. The van der Waals surface area contributed by atoms with Gasteiger partial charge >= 0.3 is 0 Å². The highest BCUT2D eigenvalue weighted by atomic mass is 16.5. The van der Waals surface area contributed by atoms with E-state index in [0.717, 1.165) is 65.0 Å². The van der Waals surface area contributed by atoms with Crippen molar-refractivity contribution in [1.82, 2.24) is 24.8 Å². The highest BCUT2D eigenvalue weighted by Gasteiger charge is 2.19. The van der Waals surface area contributed by atoms with Crippen LogP contribution in [0.2, 0.25) is 0 Å². The molecule has 1 fully saturated rings. The predicted molar refractivity (Wildman–Crippen MR) is 146 cm³/mol. The number of aromatic nitrogens is 3. The molecule has 1 aliphatic heterocycles. The van der Waals surface area contributed by atoms with Crippen molar-refractivity contribution < 1.29 is 19.0 Å². The van der Waals surface area contributed by atoms with Crippen LogP contribution >= 0.6 is 0 Å². The first-order chi connectivity index (χ1) is 18.5. The van der Waals surface area contributed by atoms with E-state index in [1.165, 1.54) is 0 Å². The van der Waals surface area contributed by atoms with Gasteiger partial charge in [-0.05, 0) is 55.4 Å². The van der Waals surface area contributed by atoms with E-state index < -0.39 is 0 Å². The van der Waals surface area contributed by atoms with Crippen LogP contribution in [0.15, 0.2) is 55.0 Å². The number of fused-ring (bicyclic) bond motifs is 1. The fourth-order valence-electron chi connectivity index (χ4n) is 4.59. The first-order valence-electron chi connectivity index (χ1n) is 12.5. The highest BCUT2D eigenvalue weighted by Crippen LogP contribution is 2.36. The number of hydrogen-bond acceptors (Lipinski definition) is 8. The Morgan fingerprint density at radius 3 is 2.37 bits per heavy atom. The van der Waals surface area contributed by atoms with Gasteiger partial charge in [0.15, 0.2) is 12.4 Å². The molecular weight excluding hydrogens is 482 g/mol. The van der Waals surface area contributed by atoms with Crippen molar-refractivity contribution in [1.29, 1.82) is 0 Å². The molecule has 1 amide bonds. The van der Waals surface area contributed by atoms with Gasteiger partial charge in [-0.2, -0.15) is 0 Å². The van der Waals surface area contributed by atoms with Gasteiger partial charge in [-0.15, -0.1) is 0 Å². The molecule has 38 heavy (non-hydrogen) atoms. The molecule has 0 atom stereocenters. The molecule has 0 aliphatic carbocycles. The predicted octanol–water partition coefficient (Wildman–Crippen LogP) is 3.84. The van der Waals surface area contributed by atoms with Gasteiger partial charge in [-0.1, -0.05) is 12.1 Å². The lowest BCUT2D eigenvalue weighted by Crippen LogP contribution is -2.48. The molecule has 0 saturated carbocycles. The number of piperazine rings is 1. The van der Waals surface area contributed by atoms with Crippen molar-refractivity contribution in [2.75, 3.05) is 54.1 Å². The van der Waals surface area contributed by atoms with Crippen LogP contribution in [0.25, 0.3) is 33.2 Å². The molecular formula is C29H31N5O4. The lowest BCUT2D eigenvalue weighted by molar-refractivity contribution is -0.134. The number of nitrogens with zero attached hydrogens (tertiary/aromatic N) is 5. The lowest BCUT2D eigenvalue weighted by atomic mass is 9.95. The SMILES string of the molecule is COc1cc(-c2cc(-c3ccc(OCC(=O)N4CCN(C)CC4)cc3)c3ncnc(C)c3c2)cnc1OC. The van der Waals surface area contributed by atoms with E-state index >= 15 is 0 Å². The van der Waals surface area contributed by atoms with Crippen LogP contribution in [-0.2, 0) is 4.79 Å². The standard InChI is InChI=1S/C29H31N5O4/c1-19-24-13-21(22-15-26(36-3)29(37-4)30-16-22)14-25(28(24)32-18-31-19)20-5-7-23(8-6-20)38-17-27(35)34-11-9-33(2)10-12-34/h5-8,13-16,18H,9-12,17H2,1-4H3. The Balaban J connectivity index is 1.43. The maximum atomic E-state index is 12.5. The van der Waals surface area contributed by atoms with Crippen LogP contribution < -0.4 is 14.2 Å². The van der Waals surface area contributed by atoms with E-state index in [1.54, 1.807) is 26.7 Å². The first-order valence-corrected chi connectivity index (χ1v) is 12.5. The Kier molecular flexibility index (Phi) is 7.37. The average molecular weight is 514 g/mol. The molecule has 0 radical (unpaired) electrons. The lowest BCUT2D eigenvalue weighted by Gasteiger charge is -2.32. The van der Waals surface area contributed by atoms with Crippen LogP contribution in [0.5, 0.6) is 17.4 Å². The third-order valence-electron chi connectivity index (χ3n) is 6.89. The fourth-order valence-corrected chi connectivity index (χ4v) is 4.59. The van der Waals surface area contributed by atoms with Gasteiger partial charge in [0.25, 0.3) is 11.8 Å². The van der Waals surface area contributed by atoms with Gasteiger partial charge in [-0.3, -0.25) is 4.79 Å². The van der Waals surface area contributed by atoms with E-state index in [2.05, 4.69) is 39.0 Å². The summed E-state index contributed by atoms with van der Waals surface area (Å²) in [4.78, 5) is 30.0. The Morgan fingerprint density at radius 2 is 1.66 bits per heavy atom. The second kappa shape index (κ2) is 11.0. The smallest absolute Gasteiger partial charge is 0.260 e. The Bertz CT molecular complexity index is 1450. The van der Waals surface area contributed by atoms with Crippen LogP contribution in [0.1, 0.15) is 5.69 Å². The van der Waals surface area contributed by atoms with Crippen molar-refractivity contribution in [3.8, 4) is 39.6 Å². The maximum absolute atomic E-state index is 12.5. The van der Waals surface area contributed by atoms with Crippen LogP contribution in [0.4, 0.5) is 0 Å². The van der Waals surface area contributed by atoms with E-state index in [9.17, 15) is 4.79 Å². The zero-order valence-electron chi connectivity index (χ0n) is 22.1. The maximum Gasteiger partial charge on any atom is 0.260 e. The van der Waals surface area contributed by atoms with Gasteiger partial charge in [0.05, 0.1) is 19.7 Å². The van der Waals surface area contributed by atoms with Gasteiger partial charge in [-0.25, -0.2) is 15.0 Å². The number of benzene rings is 2. The number of methoxy groups -OCH3 is 2. The average Bonchev–Trinajstić information content (AvgIpc) is 2.96. The van der Waals surface area contributed by atoms with Crippen molar-refractivity contribution in [2.24, 2.45) is 0 Å². The molecule has 1 saturated heterocycles. The normalized spacial score (nSPS) is 13.9. The van der Waals surface area contributed by atoms with Crippen molar-refractivity contribution >= 4 is 16.8 Å². The van der Waals surface area contributed by atoms with E-state index in [0.29, 0.717) is 17.4 Å². The summed E-state index contributed by atoms with van der Waals surface area (Å²) in [6, 6.07) is 13.8. The topological polar surface area (TPSA) is 89.9 Å². The van der Waals surface area contributed by atoms with Crippen molar-refractivity contribution in [2.45, 2.75) is 6.92 Å². The Labute approximate surface area is 222 Å². The number of rotatable bonds is 7. The number of ether oxygens (including phenoxy) is 3. The van der Waals surface area contributed by atoms with Crippen molar-refractivity contribution in [3.05, 3.63) is 60.7 Å². The molecule has 0 N–H and O–H groups in total. The molecule has 196 valence electrons. The summed E-state index contributed by atoms with van der Waals surface area (Å²) in [5, 5.41) is 0.952. The number of pyridine rings is 1. The molecule has 5 rings (SSSR count). The number of carbonyl (C=O) groups excluding carboxylic acids is 1. The molecule has 3 heterocycles. The minimum Gasteiger partial charge on any atom is -0.491 e. The minimum absolute atomic E-state index is 0.0107. The second-order valence-electron chi connectivity index (χ2n) is 9.31. The van der Waals surface area contributed by atoms with Crippen LogP contribution in [-0.4, -0.2) is 84.7 Å². The van der Waals surface area contributed by atoms with Crippen LogP contribution in [0.3, 0.4) is 0 Å². The third kappa shape index (κ3) is 5.24. The second-order valence-corrected chi connectivity index (χ2v) is 9.31. The number of amides is 1. The molecule has 0 spiro atoms. The summed E-state index contributed by atoms with van der Waals surface area (Å²) < 4.78 is 16.6. The van der Waals surface area contributed by atoms with Gasteiger partial charge < -0.3 is 24.0 Å². The monoisotopic (exact) mass is 513 g/mol. The molecule has 0 unspecified atom stereocenters. The fraction of sp³-hybridized carbons (Fsp3) is 0.310. The molecule has 4 aromatic rings. The van der Waals surface area contributed by atoms with Crippen molar-refractivity contribution in [3.63, 3.8) is 0 Å². The first kappa shape index (κ1) is 25.4. The largest absolute Gasteiger partial charge is 0.491 e. The summed E-state index contributed by atoms with van der Waals surface area (Å²) >= 11 is 0. The number of aryl methyl sites for hydroxylation is 1.